The van der Waals surface area contributed by atoms with Crippen LogP contribution in [-0.2, 0) is 6.54 Å². The van der Waals surface area contributed by atoms with Gasteiger partial charge in [-0.25, -0.2) is 4.68 Å². The average Bonchev–Trinajstić information content (AvgIpc) is 3.02. The van der Waals surface area contributed by atoms with Gasteiger partial charge in [-0.3, -0.25) is 0 Å². The van der Waals surface area contributed by atoms with E-state index < -0.39 is 0 Å². The van der Waals surface area contributed by atoms with Crippen LogP contribution in [0.5, 0.6) is 5.75 Å². The normalized spacial score (nSPS) is 12.4. The topological polar surface area (TPSA) is 39.9 Å². The van der Waals surface area contributed by atoms with Crippen LogP contribution in [0.4, 0.5) is 0 Å². The first-order valence-corrected chi connectivity index (χ1v) is 8.29. The summed E-state index contributed by atoms with van der Waals surface area (Å²) in [4.78, 5) is 0. The number of aromatic nitrogens is 3. The molecule has 1 unspecified atom stereocenters. The molecule has 0 radical (unpaired) electrons. The van der Waals surface area contributed by atoms with E-state index in [0.29, 0.717) is 12.5 Å². The first kappa shape index (κ1) is 15.5. The van der Waals surface area contributed by atoms with E-state index in [1.165, 1.54) is 5.56 Å². The fourth-order valence-corrected chi connectivity index (χ4v) is 2.62. The van der Waals surface area contributed by atoms with Gasteiger partial charge in [0.05, 0.1) is 12.1 Å². The fourth-order valence-electron chi connectivity index (χ4n) is 2.62. The summed E-state index contributed by atoms with van der Waals surface area (Å²) in [6.07, 6.45) is 2.06. The molecule has 0 aliphatic heterocycles. The summed E-state index contributed by atoms with van der Waals surface area (Å²) in [7, 11) is 0. The second kappa shape index (κ2) is 7.27. The fraction of sp³-hybridized carbons (Fsp3) is 0.368. The Balaban J connectivity index is 1.50. The lowest BCUT2D eigenvalue weighted by atomic mass is 9.99. The van der Waals surface area contributed by atoms with Crippen LogP contribution in [0.2, 0.25) is 0 Å². The van der Waals surface area contributed by atoms with Gasteiger partial charge in [0.2, 0.25) is 0 Å². The largest absolute Gasteiger partial charge is 0.494 e. The molecule has 0 saturated carbocycles. The van der Waals surface area contributed by atoms with Gasteiger partial charge in [-0.15, -0.1) is 5.10 Å². The lowest BCUT2D eigenvalue weighted by Crippen LogP contribution is -2.06. The van der Waals surface area contributed by atoms with Gasteiger partial charge in [0.25, 0.3) is 0 Å². The Morgan fingerprint density at radius 2 is 1.87 bits per heavy atom. The van der Waals surface area contributed by atoms with Crippen LogP contribution in [-0.4, -0.2) is 21.6 Å². The molecule has 1 aromatic heterocycles. The van der Waals surface area contributed by atoms with Crippen molar-refractivity contribution in [3.05, 3.63) is 54.1 Å². The minimum absolute atomic E-state index is 0.602. The maximum Gasteiger partial charge on any atom is 0.119 e. The lowest BCUT2D eigenvalue weighted by molar-refractivity contribution is 0.299. The maximum atomic E-state index is 5.82. The third-order valence-electron chi connectivity index (χ3n) is 4.26. The van der Waals surface area contributed by atoms with E-state index >= 15 is 0 Å². The second-order valence-electron chi connectivity index (χ2n) is 5.88. The number of hydrogen-bond acceptors (Lipinski definition) is 3. The van der Waals surface area contributed by atoms with Crippen LogP contribution >= 0.6 is 0 Å². The van der Waals surface area contributed by atoms with E-state index in [1.54, 1.807) is 0 Å². The molecule has 120 valence electrons. The van der Waals surface area contributed by atoms with Crippen molar-refractivity contribution in [3.8, 4) is 5.75 Å². The number of para-hydroxylation sites is 1. The number of aryl methyl sites for hydroxylation is 1. The maximum absolute atomic E-state index is 5.82. The minimum Gasteiger partial charge on any atom is -0.494 e. The monoisotopic (exact) mass is 309 g/mol. The molecule has 0 bridgehead atoms. The molecule has 0 saturated heterocycles. The Morgan fingerprint density at radius 1 is 1.09 bits per heavy atom. The van der Waals surface area contributed by atoms with E-state index in [-0.39, 0.29) is 0 Å². The number of ether oxygens (including phenoxy) is 1. The predicted molar refractivity (Wildman–Crippen MR) is 92.8 cm³/mol. The summed E-state index contributed by atoms with van der Waals surface area (Å²) >= 11 is 0. The van der Waals surface area contributed by atoms with Gasteiger partial charge < -0.3 is 4.74 Å². The molecule has 1 heterocycles. The van der Waals surface area contributed by atoms with E-state index in [0.717, 1.165) is 36.2 Å². The van der Waals surface area contributed by atoms with Crippen molar-refractivity contribution in [2.24, 2.45) is 0 Å². The summed E-state index contributed by atoms with van der Waals surface area (Å²) < 4.78 is 7.76. The molecule has 3 aromatic rings. The summed E-state index contributed by atoms with van der Waals surface area (Å²) in [5, 5.41) is 8.35. The van der Waals surface area contributed by atoms with Crippen LogP contribution in [0.15, 0.2) is 48.5 Å². The van der Waals surface area contributed by atoms with Crippen LogP contribution in [0.1, 0.15) is 38.2 Å². The van der Waals surface area contributed by atoms with Crippen LogP contribution in [0.3, 0.4) is 0 Å². The smallest absolute Gasteiger partial charge is 0.119 e. The van der Waals surface area contributed by atoms with E-state index in [1.807, 2.05) is 28.9 Å². The summed E-state index contributed by atoms with van der Waals surface area (Å²) in [6, 6.07) is 16.5. The Hall–Kier alpha value is -2.36. The molecule has 1 atom stereocenters. The SMILES string of the molecule is CCC(C)c1ccc(OCCCn2nnc3ccccc32)cc1. The van der Waals surface area contributed by atoms with Gasteiger partial charge in [-0.05, 0) is 42.2 Å². The molecule has 0 spiro atoms. The van der Waals surface area contributed by atoms with E-state index in [9.17, 15) is 0 Å². The van der Waals surface area contributed by atoms with Crippen molar-refractivity contribution >= 4 is 11.0 Å². The minimum atomic E-state index is 0.602. The molecule has 0 aliphatic rings. The quantitative estimate of drug-likeness (QED) is 0.607. The molecule has 0 N–H and O–H groups in total. The third kappa shape index (κ3) is 3.70. The number of rotatable bonds is 7. The molecule has 23 heavy (non-hydrogen) atoms. The Labute approximate surface area is 137 Å². The Bertz CT molecular complexity index is 749. The molecule has 2 aromatic carbocycles. The van der Waals surface area contributed by atoms with Crippen molar-refractivity contribution in [1.82, 2.24) is 15.0 Å². The molecule has 4 heteroatoms. The van der Waals surface area contributed by atoms with Gasteiger partial charge >= 0.3 is 0 Å². The van der Waals surface area contributed by atoms with Crippen molar-refractivity contribution < 1.29 is 4.74 Å². The molecule has 0 fully saturated rings. The molecular weight excluding hydrogens is 286 g/mol. The highest BCUT2D eigenvalue weighted by molar-refractivity contribution is 5.73. The Kier molecular flexibility index (Phi) is 4.91. The van der Waals surface area contributed by atoms with Crippen LogP contribution in [0, 0.1) is 0 Å². The van der Waals surface area contributed by atoms with Gasteiger partial charge in [0, 0.05) is 13.0 Å². The van der Waals surface area contributed by atoms with Gasteiger partial charge in [-0.1, -0.05) is 43.3 Å². The van der Waals surface area contributed by atoms with Crippen molar-refractivity contribution in [1.29, 1.82) is 0 Å². The molecule has 4 nitrogen and oxygen atoms in total. The zero-order chi connectivity index (χ0) is 16.1. The zero-order valence-electron chi connectivity index (χ0n) is 13.8. The highest BCUT2D eigenvalue weighted by Gasteiger charge is 2.04. The Morgan fingerprint density at radius 3 is 2.65 bits per heavy atom. The second-order valence-corrected chi connectivity index (χ2v) is 5.88. The number of nitrogens with zero attached hydrogens (tertiary/aromatic N) is 3. The summed E-state index contributed by atoms with van der Waals surface area (Å²) in [6.45, 7) is 5.95. The number of fused-ring (bicyclic) bond motifs is 1. The van der Waals surface area contributed by atoms with Gasteiger partial charge in [0.15, 0.2) is 0 Å². The standard InChI is InChI=1S/C19H23N3O/c1-3-15(2)16-9-11-17(12-10-16)23-14-6-13-22-19-8-5-4-7-18(19)20-21-22/h4-5,7-12,15H,3,6,13-14H2,1-2H3. The number of hydrogen-bond donors (Lipinski definition) is 0. The van der Waals surface area contributed by atoms with Crippen molar-refractivity contribution in [2.75, 3.05) is 6.61 Å². The summed E-state index contributed by atoms with van der Waals surface area (Å²) in [5.74, 6) is 1.53. The van der Waals surface area contributed by atoms with Gasteiger partial charge in [-0.2, -0.15) is 0 Å². The summed E-state index contributed by atoms with van der Waals surface area (Å²) in [5.41, 5.74) is 3.38. The highest BCUT2D eigenvalue weighted by atomic mass is 16.5. The number of benzene rings is 2. The van der Waals surface area contributed by atoms with Crippen LogP contribution in [0.25, 0.3) is 11.0 Å². The first-order chi connectivity index (χ1) is 11.3. The van der Waals surface area contributed by atoms with E-state index in [2.05, 4.69) is 48.4 Å². The zero-order valence-corrected chi connectivity index (χ0v) is 13.8. The van der Waals surface area contributed by atoms with Crippen LogP contribution < -0.4 is 4.74 Å². The van der Waals surface area contributed by atoms with E-state index in [4.69, 9.17) is 4.74 Å². The first-order valence-electron chi connectivity index (χ1n) is 8.29. The predicted octanol–water partition coefficient (Wildman–Crippen LogP) is 4.41. The average molecular weight is 309 g/mol. The van der Waals surface area contributed by atoms with Crippen molar-refractivity contribution in [3.63, 3.8) is 0 Å². The highest BCUT2D eigenvalue weighted by Crippen LogP contribution is 2.21. The molecule has 3 rings (SSSR count). The lowest BCUT2D eigenvalue weighted by Gasteiger charge is -2.11. The van der Waals surface area contributed by atoms with Crippen molar-refractivity contribution in [2.45, 2.75) is 39.2 Å². The molecule has 0 amide bonds. The molecule has 0 aliphatic carbocycles. The third-order valence-corrected chi connectivity index (χ3v) is 4.26. The molecular formula is C19H23N3O. The van der Waals surface area contributed by atoms with Gasteiger partial charge in [0.1, 0.15) is 11.3 Å².